The van der Waals surface area contributed by atoms with E-state index in [1.807, 2.05) is 59.5 Å². The molecule has 1 aliphatic rings. The second-order valence-electron chi connectivity index (χ2n) is 6.41. The van der Waals surface area contributed by atoms with Gasteiger partial charge in [-0.05, 0) is 16.7 Å². The van der Waals surface area contributed by atoms with Crippen LogP contribution < -0.4 is 0 Å². The first-order chi connectivity index (χ1) is 12.8. The highest BCUT2D eigenvalue weighted by atomic mass is 16.5. The van der Waals surface area contributed by atoms with Crippen LogP contribution in [0.4, 0.5) is 0 Å². The Morgan fingerprint density at radius 3 is 1.50 bits per heavy atom. The minimum atomic E-state index is -0.676. The number of amides is 1. The highest BCUT2D eigenvalue weighted by Crippen LogP contribution is 2.42. The van der Waals surface area contributed by atoms with E-state index in [1.54, 1.807) is 0 Å². The van der Waals surface area contributed by atoms with Crippen LogP contribution in [0.1, 0.15) is 16.7 Å². The predicted molar refractivity (Wildman–Crippen MR) is 102 cm³/mol. The summed E-state index contributed by atoms with van der Waals surface area (Å²) in [5.74, 6) is 0.00723. The maximum absolute atomic E-state index is 13.0. The zero-order valence-corrected chi connectivity index (χ0v) is 14.5. The molecule has 130 valence electrons. The summed E-state index contributed by atoms with van der Waals surface area (Å²) in [5, 5.41) is 0. The van der Waals surface area contributed by atoms with Gasteiger partial charge in [-0.1, -0.05) is 91.0 Å². The smallest absolute Gasteiger partial charge is 0.249 e. The summed E-state index contributed by atoms with van der Waals surface area (Å²) in [7, 11) is 0. The number of ether oxygens (including phenoxy) is 1. The van der Waals surface area contributed by atoms with Gasteiger partial charge in [0.15, 0.2) is 0 Å². The van der Waals surface area contributed by atoms with Crippen molar-refractivity contribution in [2.75, 3.05) is 19.8 Å². The van der Waals surface area contributed by atoms with Crippen LogP contribution in [0.15, 0.2) is 91.0 Å². The fraction of sp³-hybridized carbons (Fsp3) is 0.174. The Kier molecular flexibility index (Phi) is 4.55. The molecule has 1 saturated heterocycles. The Balaban J connectivity index is 2.05. The topological polar surface area (TPSA) is 29.5 Å². The largest absolute Gasteiger partial charge is 0.370 e. The lowest BCUT2D eigenvalue weighted by molar-refractivity contribution is -0.148. The van der Waals surface area contributed by atoms with Gasteiger partial charge in [0.1, 0.15) is 12.1 Å². The van der Waals surface area contributed by atoms with Crippen LogP contribution >= 0.6 is 0 Å². The molecular weight excluding hydrogens is 322 g/mol. The number of nitrogens with zero attached hydrogens (tertiary/aromatic N) is 1. The minimum Gasteiger partial charge on any atom is -0.370 e. The van der Waals surface area contributed by atoms with Crippen LogP contribution in [0.3, 0.4) is 0 Å². The Hall–Kier alpha value is -2.91. The van der Waals surface area contributed by atoms with E-state index < -0.39 is 5.54 Å². The first kappa shape index (κ1) is 16.6. The molecule has 1 fully saturated rings. The van der Waals surface area contributed by atoms with Crippen molar-refractivity contribution < 1.29 is 9.53 Å². The molecule has 3 heteroatoms. The average Bonchev–Trinajstić information content (AvgIpc) is 2.72. The summed E-state index contributed by atoms with van der Waals surface area (Å²) in [6.45, 7) is 1.21. The maximum atomic E-state index is 13.0. The van der Waals surface area contributed by atoms with Crippen LogP contribution in [-0.4, -0.2) is 30.6 Å². The average molecular weight is 343 g/mol. The molecule has 0 aliphatic carbocycles. The van der Waals surface area contributed by atoms with Crippen LogP contribution in [-0.2, 0) is 15.1 Å². The fourth-order valence-corrected chi connectivity index (χ4v) is 3.88. The lowest BCUT2D eigenvalue weighted by atomic mass is 9.75. The second-order valence-corrected chi connectivity index (χ2v) is 6.41. The third-order valence-corrected chi connectivity index (χ3v) is 4.97. The van der Waals surface area contributed by atoms with Gasteiger partial charge in [0, 0.05) is 6.54 Å². The molecule has 1 amide bonds. The van der Waals surface area contributed by atoms with Crippen molar-refractivity contribution in [2.45, 2.75) is 5.54 Å². The lowest BCUT2D eigenvalue weighted by Crippen LogP contribution is -2.55. The summed E-state index contributed by atoms with van der Waals surface area (Å²) in [6, 6.07) is 30.8. The Labute approximate surface area is 153 Å². The quantitative estimate of drug-likeness (QED) is 0.674. The molecule has 0 bridgehead atoms. The molecule has 0 atom stereocenters. The molecule has 1 aliphatic heterocycles. The van der Waals surface area contributed by atoms with E-state index in [0.717, 1.165) is 16.7 Å². The van der Waals surface area contributed by atoms with Crippen LogP contribution in [0.25, 0.3) is 0 Å². The molecule has 0 spiro atoms. The van der Waals surface area contributed by atoms with Crippen molar-refractivity contribution >= 4 is 5.91 Å². The molecule has 0 N–H and O–H groups in total. The van der Waals surface area contributed by atoms with Gasteiger partial charge in [-0.3, -0.25) is 4.79 Å². The van der Waals surface area contributed by atoms with Crippen molar-refractivity contribution in [3.8, 4) is 0 Å². The normalized spacial score (nSPS) is 15.1. The van der Waals surface area contributed by atoms with E-state index in [0.29, 0.717) is 13.2 Å². The summed E-state index contributed by atoms with van der Waals surface area (Å²) < 4.78 is 5.42. The summed E-state index contributed by atoms with van der Waals surface area (Å²) in [4.78, 5) is 14.9. The number of carbonyl (C=O) groups is 1. The third-order valence-electron chi connectivity index (χ3n) is 4.97. The van der Waals surface area contributed by atoms with Gasteiger partial charge in [0.25, 0.3) is 0 Å². The predicted octanol–water partition coefficient (Wildman–Crippen LogP) is 3.84. The molecule has 4 rings (SSSR count). The van der Waals surface area contributed by atoms with Crippen molar-refractivity contribution in [2.24, 2.45) is 0 Å². The van der Waals surface area contributed by atoms with E-state index in [9.17, 15) is 4.79 Å². The van der Waals surface area contributed by atoms with Crippen molar-refractivity contribution in [1.82, 2.24) is 4.90 Å². The van der Waals surface area contributed by atoms with E-state index in [-0.39, 0.29) is 12.5 Å². The third kappa shape index (κ3) is 2.71. The standard InChI is InChI=1S/C23H21NO2/c25-22-18-26-17-16-24(22)23(19-10-4-1-5-11-19,20-12-6-2-7-13-20)21-14-8-3-9-15-21/h1-15H,16-18H2. The molecule has 3 aromatic rings. The summed E-state index contributed by atoms with van der Waals surface area (Å²) >= 11 is 0. The minimum absolute atomic E-state index is 0.00723. The SMILES string of the molecule is O=C1COCCN1C(c1ccccc1)(c1ccccc1)c1ccccc1. The van der Waals surface area contributed by atoms with Crippen LogP contribution in [0, 0.1) is 0 Å². The van der Waals surface area contributed by atoms with Crippen molar-refractivity contribution in [3.05, 3.63) is 108 Å². The van der Waals surface area contributed by atoms with Crippen molar-refractivity contribution in [1.29, 1.82) is 0 Å². The van der Waals surface area contributed by atoms with Gasteiger partial charge in [-0.2, -0.15) is 0 Å². The van der Waals surface area contributed by atoms with Gasteiger partial charge >= 0.3 is 0 Å². The van der Waals surface area contributed by atoms with E-state index in [2.05, 4.69) is 36.4 Å². The number of benzene rings is 3. The molecule has 0 saturated carbocycles. The van der Waals surface area contributed by atoms with E-state index in [1.165, 1.54) is 0 Å². The highest BCUT2D eigenvalue weighted by molar-refractivity contribution is 5.81. The molecular formula is C23H21NO2. The van der Waals surface area contributed by atoms with E-state index in [4.69, 9.17) is 4.74 Å². The molecule has 3 nitrogen and oxygen atoms in total. The van der Waals surface area contributed by atoms with Crippen LogP contribution in [0.2, 0.25) is 0 Å². The van der Waals surface area contributed by atoms with Crippen molar-refractivity contribution in [3.63, 3.8) is 0 Å². The number of hydrogen-bond acceptors (Lipinski definition) is 2. The summed E-state index contributed by atoms with van der Waals surface area (Å²) in [6.07, 6.45) is 0. The fourth-order valence-electron chi connectivity index (χ4n) is 3.88. The number of carbonyl (C=O) groups excluding carboxylic acids is 1. The molecule has 0 unspecified atom stereocenters. The Morgan fingerprint density at radius 2 is 1.12 bits per heavy atom. The molecule has 26 heavy (non-hydrogen) atoms. The van der Waals surface area contributed by atoms with E-state index >= 15 is 0 Å². The number of morpholine rings is 1. The second kappa shape index (κ2) is 7.14. The first-order valence-electron chi connectivity index (χ1n) is 8.88. The number of hydrogen-bond donors (Lipinski definition) is 0. The van der Waals surface area contributed by atoms with Gasteiger partial charge in [-0.25, -0.2) is 0 Å². The van der Waals surface area contributed by atoms with Gasteiger partial charge in [0.2, 0.25) is 5.91 Å². The van der Waals surface area contributed by atoms with Gasteiger partial charge < -0.3 is 9.64 Å². The zero-order valence-electron chi connectivity index (χ0n) is 14.5. The molecule has 0 aromatic heterocycles. The van der Waals surface area contributed by atoms with Gasteiger partial charge in [-0.15, -0.1) is 0 Å². The number of rotatable bonds is 4. The van der Waals surface area contributed by atoms with Crippen LogP contribution in [0.5, 0.6) is 0 Å². The molecule has 3 aromatic carbocycles. The zero-order chi connectivity index (χ0) is 17.8. The molecule has 1 heterocycles. The molecule has 0 radical (unpaired) electrons. The lowest BCUT2D eigenvalue weighted by Gasteiger charge is -2.47. The summed E-state index contributed by atoms with van der Waals surface area (Å²) in [5.41, 5.74) is 2.55. The monoisotopic (exact) mass is 343 g/mol. The Morgan fingerprint density at radius 1 is 0.692 bits per heavy atom. The van der Waals surface area contributed by atoms with Gasteiger partial charge in [0.05, 0.1) is 6.61 Å². The first-order valence-corrected chi connectivity index (χ1v) is 8.88. The Bertz CT molecular complexity index is 766. The maximum Gasteiger partial charge on any atom is 0.249 e. The highest BCUT2D eigenvalue weighted by Gasteiger charge is 2.45.